The van der Waals surface area contributed by atoms with Crippen molar-refractivity contribution in [3.8, 4) is 0 Å². The maximum absolute atomic E-state index is 11.9. The molecule has 0 amide bonds. The summed E-state index contributed by atoms with van der Waals surface area (Å²) < 4.78 is 0. The smallest absolute Gasteiger partial charge is 0.164 e. The summed E-state index contributed by atoms with van der Waals surface area (Å²) in [7, 11) is 3.94. The van der Waals surface area contributed by atoms with E-state index in [1.165, 1.54) is 0 Å². The van der Waals surface area contributed by atoms with Crippen LogP contribution in [0.4, 0.5) is 0 Å². The molecule has 0 fully saturated rings. The van der Waals surface area contributed by atoms with Crippen LogP contribution in [0.25, 0.3) is 0 Å². The Kier molecular flexibility index (Phi) is 6.66. The SMILES string of the molecule is C=C(C)/C=C(\C=C(C)C)C(=O)CCN(C)C. The fourth-order valence-electron chi connectivity index (χ4n) is 1.25. The maximum atomic E-state index is 11.9. The molecule has 0 aliphatic rings. The number of rotatable bonds is 6. The molecular formula is C14H23NO. The van der Waals surface area contributed by atoms with Crippen molar-refractivity contribution in [1.82, 2.24) is 4.90 Å². The van der Waals surface area contributed by atoms with Crippen molar-refractivity contribution < 1.29 is 4.79 Å². The minimum Gasteiger partial charge on any atom is -0.309 e. The number of hydrogen-bond donors (Lipinski definition) is 0. The number of allylic oxidation sites excluding steroid dienone is 5. The van der Waals surface area contributed by atoms with Crippen LogP contribution in [0.1, 0.15) is 27.2 Å². The molecule has 0 spiro atoms. The molecule has 0 aromatic carbocycles. The van der Waals surface area contributed by atoms with E-state index in [0.29, 0.717) is 6.42 Å². The zero-order chi connectivity index (χ0) is 12.7. The molecule has 16 heavy (non-hydrogen) atoms. The third kappa shape index (κ3) is 7.18. The van der Waals surface area contributed by atoms with Gasteiger partial charge in [-0.2, -0.15) is 0 Å². The standard InChI is InChI=1S/C14H23NO/c1-11(2)9-13(10-12(3)4)14(16)7-8-15(5)6/h9-10H,1,7-8H2,2-6H3/b13-9+. The first kappa shape index (κ1) is 14.8. The molecule has 0 aliphatic carbocycles. The normalized spacial score (nSPS) is 11.5. The molecule has 0 N–H and O–H groups in total. The summed E-state index contributed by atoms with van der Waals surface area (Å²) in [4.78, 5) is 14.0. The Bertz CT molecular complexity index is 318. The molecule has 0 bridgehead atoms. The predicted molar refractivity (Wildman–Crippen MR) is 70.5 cm³/mol. The van der Waals surface area contributed by atoms with E-state index < -0.39 is 0 Å². The van der Waals surface area contributed by atoms with Gasteiger partial charge in [0.05, 0.1) is 0 Å². The highest BCUT2D eigenvalue weighted by atomic mass is 16.1. The highest BCUT2D eigenvalue weighted by molar-refractivity contribution is 5.98. The lowest BCUT2D eigenvalue weighted by Crippen LogP contribution is -2.17. The second kappa shape index (κ2) is 7.18. The third-order valence-electron chi connectivity index (χ3n) is 1.95. The molecule has 0 unspecified atom stereocenters. The monoisotopic (exact) mass is 221 g/mol. The Balaban J connectivity index is 4.72. The molecule has 0 saturated carbocycles. The van der Waals surface area contributed by atoms with Crippen LogP contribution in [0.15, 0.2) is 35.5 Å². The van der Waals surface area contributed by atoms with Crippen LogP contribution in [-0.2, 0) is 4.79 Å². The van der Waals surface area contributed by atoms with Gasteiger partial charge in [-0.05, 0) is 40.9 Å². The van der Waals surface area contributed by atoms with Gasteiger partial charge >= 0.3 is 0 Å². The molecule has 0 atom stereocenters. The van der Waals surface area contributed by atoms with Crippen LogP contribution in [0.5, 0.6) is 0 Å². The summed E-state index contributed by atoms with van der Waals surface area (Å²) in [6.07, 6.45) is 4.33. The molecule has 0 saturated heterocycles. The van der Waals surface area contributed by atoms with E-state index in [-0.39, 0.29) is 5.78 Å². The van der Waals surface area contributed by atoms with Gasteiger partial charge in [0.15, 0.2) is 5.78 Å². The van der Waals surface area contributed by atoms with E-state index in [1.54, 1.807) is 0 Å². The molecule has 90 valence electrons. The van der Waals surface area contributed by atoms with Gasteiger partial charge in [-0.25, -0.2) is 0 Å². The Hall–Kier alpha value is -1.15. The number of nitrogens with zero attached hydrogens (tertiary/aromatic N) is 1. The predicted octanol–water partition coefficient (Wildman–Crippen LogP) is 2.98. The summed E-state index contributed by atoms with van der Waals surface area (Å²) in [5.41, 5.74) is 2.80. The molecule has 2 heteroatoms. The fraction of sp³-hybridized carbons (Fsp3) is 0.500. The molecular weight excluding hydrogens is 198 g/mol. The minimum atomic E-state index is 0.179. The van der Waals surface area contributed by atoms with E-state index in [1.807, 2.05) is 51.9 Å². The van der Waals surface area contributed by atoms with Crippen LogP contribution in [-0.4, -0.2) is 31.3 Å². The molecule has 0 heterocycles. The average molecular weight is 221 g/mol. The van der Waals surface area contributed by atoms with Crippen molar-refractivity contribution >= 4 is 5.78 Å². The lowest BCUT2D eigenvalue weighted by atomic mass is 10.0. The Labute approximate surface area is 99.3 Å². The quantitative estimate of drug-likeness (QED) is 0.507. The topological polar surface area (TPSA) is 20.3 Å². The highest BCUT2D eigenvalue weighted by Gasteiger charge is 2.07. The van der Waals surface area contributed by atoms with Gasteiger partial charge in [-0.1, -0.05) is 23.8 Å². The first-order chi connectivity index (χ1) is 7.32. The first-order valence-electron chi connectivity index (χ1n) is 5.53. The second-order valence-electron chi connectivity index (χ2n) is 4.64. The molecule has 0 radical (unpaired) electrons. The highest BCUT2D eigenvalue weighted by Crippen LogP contribution is 2.09. The van der Waals surface area contributed by atoms with Crippen molar-refractivity contribution in [1.29, 1.82) is 0 Å². The zero-order valence-electron chi connectivity index (χ0n) is 11.1. The van der Waals surface area contributed by atoms with Crippen molar-refractivity contribution in [3.05, 3.63) is 35.5 Å². The van der Waals surface area contributed by atoms with Gasteiger partial charge in [0.25, 0.3) is 0 Å². The Morgan fingerprint density at radius 2 is 1.75 bits per heavy atom. The maximum Gasteiger partial charge on any atom is 0.164 e. The summed E-state index contributed by atoms with van der Waals surface area (Å²) >= 11 is 0. The van der Waals surface area contributed by atoms with E-state index in [9.17, 15) is 4.79 Å². The Morgan fingerprint density at radius 1 is 1.19 bits per heavy atom. The first-order valence-corrected chi connectivity index (χ1v) is 5.53. The summed E-state index contributed by atoms with van der Waals surface area (Å²) in [5.74, 6) is 0.179. The average Bonchev–Trinajstić information content (AvgIpc) is 2.11. The summed E-state index contributed by atoms with van der Waals surface area (Å²) in [6, 6.07) is 0. The lowest BCUT2D eigenvalue weighted by Gasteiger charge is -2.09. The number of carbonyl (C=O) groups excluding carboxylic acids is 1. The number of carbonyl (C=O) groups is 1. The van der Waals surface area contributed by atoms with Crippen molar-refractivity contribution in [2.24, 2.45) is 0 Å². The van der Waals surface area contributed by atoms with Crippen molar-refractivity contribution in [3.63, 3.8) is 0 Å². The third-order valence-corrected chi connectivity index (χ3v) is 1.95. The van der Waals surface area contributed by atoms with Crippen molar-refractivity contribution in [2.75, 3.05) is 20.6 Å². The van der Waals surface area contributed by atoms with Gasteiger partial charge in [-0.15, -0.1) is 0 Å². The number of Topliss-reactive ketones (excluding diaryl/α,β-unsaturated/α-hetero) is 1. The zero-order valence-corrected chi connectivity index (χ0v) is 11.1. The summed E-state index contributed by atoms with van der Waals surface area (Å²) in [5, 5.41) is 0. The largest absolute Gasteiger partial charge is 0.309 e. The summed E-state index contributed by atoms with van der Waals surface area (Å²) in [6.45, 7) is 10.5. The lowest BCUT2D eigenvalue weighted by molar-refractivity contribution is -0.115. The molecule has 0 aromatic rings. The molecule has 0 aliphatic heterocycles. The van der Waals surface area contributed by atoms with E-state index in [4.69, 9.17) is 0 Å². The van der Waals surface area contributed by atoms with Crippen LogP contribution in [0.3, 0.4) is 0 Å². The minimum absolute atomic E-state index is 0.179. The van der Waals surface area contributed by atoms with Crippen molar-refractivity contribution in [2.45, 2.75) is 27.2 Å². The van der Waals surface area contributed by atoms with E-state index in [0.717, 1.165) is 23.3 Å². The van der Waals surface area contributed by atoms with E-state index in [2.05, 4.69) is 6.58 Å². The van der Waals surface area contributed by atoms with Gasteiger partial charge in [0.1, 0.15) is 0 Å². The molecule has 0 aromatic heterocycles. The second-order valence-corrected chi connectivity index (χ2v) is 4.64. The van der Waals surface area contributed by atoms with Crippen LogP contribution >= 0.6 is 0 Å². The van der Waals surface area contributed by atoms with Crippen LogP contribution in [0.2, 0.25) is 0 Å². The van der Waals surface area contributed by atoms with Gasteiger partial charge in [0, 0.05) is 18.5 Å². The molecule has 0 rings (SSSR count). The fourth-order valence-corrected chi connectivity index (χ4v) is 1.25. The van der Waals surface area contributed by atoms with E-state index >= 15 is 0 Å². The number of ketones is 1. The molecule has 2 nitrogen and oxygen atoms in total. The number of hydrogen-bond acceptors (Lipinski definition) is 2. The Morgan fingerprint density at radius 3 is 2.12 bits per heavy atom. The van der Waals surface area contributed by atoms with Crippen LogP contribution < -0.4 is 0 Å². The van der Waals surface area contributed by atoms with Gasteiger partial charge in [0.2, 0.25) is 0 Å². The van der Waals surface area contributed by atoms with Gasteiger partial charge in [-0.3, -0.25) is 4.79 Å². The van der Waals surface area contributed by atoms with Crippen LogP contribution in [0, 0.1) is 0 Å². The van der Waals surface area contributed by atoms with Gasteiger partial charge < -0.3 is 4.90 Å².